The maximum Gasteiger partial charge on any atom is 0.407 e. The Labute approximate surface area is 223 Å². The van der Waals surface area contributed by atoms with E-state index in [2.05, 4.69) is 5.32 Å². The van der Waals surface area contributed by atoms with Gasteiger partial charge in [0.2, 0.25) is 5.91 Å². The summed E-state index contributed by atoms with van der Waals surface area (Å²) in [6, 6.07) is 28.0. The van der Waals surface area contributed by atoms with Gasteiger partial charge in [-0.1, -0.05) is 91.0 Å². The summed E-state index contributed by atoms with van der Waals surface area (Å²) in [6.07, 6.45) is -0.670. The number of nitrogens with one attached hydrogen (secondary N) is 1. The smallest absolute Gasteiger partial charge is 0.407 e. The Bertz CT molecular complexity index is 1180. The van der Waals surface area contributed by atoms with Crippen LogP contribution in [0.4, 0.5) is 4.79 Å². The lowest BCUT2D eigenvalue weighted by molar-refractivity contribution is -0.148. The van der Waals surface area contributed by atoms with E-state index < -0.39 is 35.5 Å². The quantitative estimate of drug-likeness (QED) is 0.402. The number of nitrogens with zero attached hydrogens (tertiary/aromatic N) is 1. The number of hydrogen-bond acceptors (Lipinski definition) is 5. The van der Waals surface area contributed by atoms with Gasteiger partial charge in [0.25, 0.3) is 0 Å². The molecule has 0 aromatic heterocycles. The summed E-state index contributed by atoms with van der Waals surface area (Å²) >= 11 is 0. The number of esters is 1. The normalized spacial score (nSPS) is 18.2. The van der Waals surface area contributed by atoms with E-state index in [1.807, 2.05) is 91.0 Å². The van der Waals surface area contributed by atoms with E-state index in [4.69, 9.17) is 9.47 Å². The fourth-order valence-electron chi connectivity index (χ4n) is 4.39. The fraction of sp³-hybridized carbons (Fsp3) is 0.323. The predicted molar refractivity (Wildman–Crippen MR) is 144 cm³/mol. The highest BCUT2D eigenvalue weighted by atomic mass is 16.6. The van der Waals surface area contributed by atoms with Crippen LogP contribution in [0.5, 0.6) is 0 Å². The van der Waals surface area contributed by atoms with Crippen LogP contribution < -0.4 is 5.32 Å². The van der Waals surface area contributed by atoms with Crippen LogP contribution in [0.1, 0.15) is 37.5 Å². The van der Waals surface area contributed by atoms with Crippen molar-refractivity contribution in [3.05, 3.63) is 108 Å². The average molecular weight is 515 g/mol. The highest BCUT2D eigenvalue weighted by Crippen LogP contribution is 2.42. The molecular weight excluding hydrogens is 480 g/mol. The summed E-state index contributed by atoms with van der Waals surface area (Å²) in [5.74, 6) is -2.29. The van der Waals surface area contributed by atoms with Crippen molar-refractivity contribution in [2.75, 3.05) is 0 Å². The number of carbonyl (C=O) groups excluding carboxylic acids is 3. The van der Waals surface area contributed by atoms with Crippen LogP contribution in [-0.4, -0.2) is 34.5 Å². The maximum atomic E-state index is 13.9. The second kappa shape index (κ2) is 11.9. The van der Waals surface area contributed by atoms with Gasteiger partial charge in [-0.25, -0.2) is 4.79 Å². The Hall–Kier alpha value is -4.13. The molecule has 3 aromatic carbocycles. The molecule has 0 spiro atoms. The molecule has 38 heavy (non-hydrogen) atoms. The minimum Gasteiger partial charge on any atom is -0.461 e. The summed E-state index contributed by atoms with van der Waals surface area (Å²) in [5, 5.41) is 2.74. The third-order valence-corrected chi connectivity index (χ3v) is 6.23. The first kappa shape index (κ1) is 26.9. The minimum atomic E-state index is -0.798. The molecule has 0 saturated heterocycles. The van der Waals surface area contributed by atoms with Crippen molar-refractivity contribution in [1.82, 2.24) is 10.2 Å². The number of rotatable bonds is 9. The first-order chi connectivity index (χ1) is 18.2. The van der Waals surface area contributed by atoms with Crippen molar-refractivity contribution in [2.24, 2.45) is 11.8 Å². The van der Waals surface area contributed by atoms with Crippen molar-refractivity contribution >= 4 is 18.0 Å². The molecule has 2 amide bonds. The molecule has 4 rings (SSSR count). The van der Waals surface area contributed by atoms with Crippen LogP contribution in [0.25, 0.3) is 0 Å². The molecule has 7 heteroatoms. The average Bonchev–Trinajstić information content (AvgIpc) is 3.60. The summed E-state index contributed by atoms with van der Waals surface area (Å²) in [4.78, 5) is 41.3. The zero-order valence-electron chi connectivity index (χ0n) is 22.0. The molecule has 0 aliphatic heterocycles. The van der Waals surface area contributed by atoms with E-state index in [-0.39, 0.29) is 12.5 Å². The monoisotopic (exact) mass is 514 g/mol. The molecule has 1 fully saturated rings. The van der Waals surface area contributed by atoms with Crippen molar-refractivity contribution in [2.45, 2.75) is 52.1 Å². The Morgan fingerprint density at radius 2 is 1.21 bits per heavy atom. The van der Waals surface area contributed by atoms with Gasteiger partial charge in [-0.15, -0.1) is 0 Å². The van der Waals surface area contributed by atoms with Gasteiger partial charge in [-0.2, -0.15) is 0 Å². The maximum absolute atomic E-state index is 13.9. The summed E-state index contributed by atoms with van der Waals surface area (Å²) in [5.41, 5.74) is 2.07. The van der Waals surface area contributed by atoms with Crippen LogP contribution in [0.15, 0.2) is 91.0 Å². The van der Waals surface area contributed by atoms with Crippen LogP contribution >= 0.6 is 0 Å². The van der Waals surface area contributed by atoms with Gasteiger partial charge in [0.05, 0.1) is 17.9 Å². The molecule has 1 aliphatic carbocycles. The third-order valence-electron chi connectivity index (χ3n) is 6.23. The van der Waals surface area contributed by atoms with Crippen molar-refractivity contribution in [3.8, 4) is 0 Å². The molecule has 1 aliphatic rings. The van der Waals surface area contributed by atoms with E-state index in [9.17, 15) is 14.4 Å². The van der Waals surface area contributed by atoms with E-state index in [1.54, 1.807) is 25.7 Å². The first-order valence-corrected chi connectivity index (χ1v) is 12.8. The summed E-state index contributed by atoms with van der Waals surface area (Å²) in [7, 11) is 0. The standard InChI is InChI=1S/C31H34N2O5/c1-31(2,3)38-30(36)32-27-25(26(27)29(35)37-21-24-17-11-6-12-18-24)28(34)33(19-22-13-7-4-8-14-22)20-23-15-9-5-10-16-23/h4-18,25-27H,19-21H2,1-3H3,(H,32,36)/t25-,26-,27-/m1/s1. The van der Waals surface area contributed by atoms with E-state index in [0.717, 1.165) is 16.7 Å². The lowest BCUT2D eigenvalue weighted by Gasteiger charge is -2.24. The Morgan fingerprint density at radius 3 is 1.68 bits per heavy atom. The van der Waals surface area contributed by atoms with Crippen LogP contribution in [-0.2, 0) is 38.8 Å². The molecule has 7 nitrogen and oxygen atoms in total. The second-order valence-electron chi connectivity index (χ2n) is 10.5. The highest BCUT2D eigenvalue weighted by molar-refractivity contribution is 5.93. The number of ether oxygens (including phenoxy) is 2. The first-order valence-electron chi connectivity index (χ1n) is 12.8. The Kier molecular flexibility index (Phi) is 8.46. The zero-order chi connectivity index (χ0) is 27.1. The number of alkyl carbamates (subject to hydrolysis) is 1. The van der Waals surface area contributed by atoms with Gasteiger partial charge in [-0.3, -0.25) is 9.59 Å². The number of hydrogen-bond donors (Lipinski definition) is 1. The van der Waals surface area contributed by atoms with Gasteiger partial charge < -0.3 is 19.7 Å². The van der Waals surface area contributed by atoms with Crippen LogP contribution in [0, 0.1) is 11.8 Å². The fourth-order valence-corrected chi connectivity index (χ4v) is 4.39. The van der Waals surface area contributed by atoms with Crippen LogP contribution in [0.2, 0.25) is 0 Å². The zero-order valence-corrected chi connectivity index (χ0v) is 22.0. The number of benzene rings is 3. The van der Waals surface area contributed by atoms with E-state index in [0.29, 0.717) is 13.1 Å². The van der Waals surface area contributed by atoms with Crippen molar-refractivity contribution in [1.29, 1.82) is 0 Å². The SMILES string of the molecule is CC(C)(C)OC(=O)N[C@H]1[C@H](C(=O)OCc2ccccc2)[C@H]1C(=O)N(Cc1ccccc1)Cc1ccccc1. The molecule has 0 heterocycles. The lowest BCUT2D eigenvalue weighted by atomic mass is 10.1. The Balaban J connectivity index is 1.53. The van der Waals surface area contributed by atoms with E-state index in [1.165, 1.54) is 0 Å². The van der Waals surface area contributed by atoms with Crippen LogP contribution in [0.3, 0.4) is 0 Å². The molecule has 3 atom stereocenters. The van der Waals surface area contributed by atoms with Crippen molar-refractivity contribution in [3.63, 3.8) is 0 Å². The van der Waals surface area contributed by atoms with Crippen molar-refractivity contribution < 1.29 is 23.9 Å². The summed E-state index contributed by atoms with van der Waals surface area (Å²) < 4.78 is 11.0. The predicted octanol–water partition coefficient (Wildman–Crippen LogP) is 5.10. The van der Waals surface area contributed by atoms with Gasteiger partial charge in [0.1, 0.15) is 12.2 Å². The van der Waals surface area contributed by atoms with Gasteiger partial charge in [0.15, 0.2) is 0 Å². The third kappa shape index (κ3) is 7.44. The number of amides is 2. The highest BCUT2D eigenvalue weighted by Gasteiger charge is 2.62. The molecule has 0 unspecified atom stereocenters. The Morgan fingerprint density at radius 1 is 0.737 bits per heavy atom. The molecule has 0 radical (unpaired) electrons. The number of carbonyl (C=O) groups is 3. The lowest BCUT2D eigenvalue weighted by Crippen LogP contribution is -2.37. The minimum absolute atomic E-state index is 0.0913. The molecular formula is C31H34N2O5. The largest absolute Gasteiger partial charge is 0.461 e. The van der Waals surface area contributed by atoms with Gasteiger partial charge in [0, 0.05) is 13.1 Å². The topological polar surface area (TPSA) is 84.9 Å². The van der Waals surface area contributed by atoms with E-state index >= 15 is 0 Å². The molecule has 1 saturated carbocycles. The summed E-state index contributed by atoms with van der Waals surface area (Å²) in [6.45, 7) is 6.11. The molecule has 3 aromatic rings. The molecule has 0 bridgehead atoms. The van der Waals surface area contributed by atoms with Gasteiger partial charge >= 0.3 is 12.1 Å². The molecule has 198 valence electrons. The van der Waals surface area contributed by atoms with Gasteiger partial charge in [-0.05, 0) is 37.5 Å². The molecule has 1 N–H and O–H groups in total. The second-order valence-corrected chi connectivity index (χ2v) is 10.5.